The third-order valence-electron chi connectivity index (χ3n) is 1.86. The van der Waals surface area contributed by atoms with E-state index in [-0.39, 0.29) is 5.56 Å². The smallest absolute Gasteiger partial charge is 0.387 e. The van der Waals surface area contributed by atoms with Gasteiger partial charge in [0.05, 0.1) is 4.92 Å². The fraction of sp³-hybridized carbons (Fsp3) is 0.222. The highest BCUT2D eigenvalue weighted by Gasteiger charge is 2.26. The molecule has 0 aliphatic heterocycles. The number of hydrogen-bond acceptors (Lipinski definition) is 4. The Bertz CT molecular complexity index is 478. The van der Waals surface area contributed by atoms with E-state index in [0.717, 1.165) is 19.1 Å². The van der Waals surface area contributed by atoms with Crippen molar-refractivity contribution in [3.8, 4) is 5.75 Å². The highest BCUT2D eigenvalue weighted by Crippen LogP contribution is 2.37. The molecule has 92 valence electrons. The van der Waals surface area contributed by atoms with Crippen molar-refractivity contribution in [2.24, 2.45) is 0 Å². The third kappa shape index (κ3) is 2.88. The SMILES string of the molecule is CC(=O)c1ccc(OC(F)F)c([N+](=O)[O-])c1Cl. The molecule has 0 amide bonds. The van der Waals surface area contributed by atoms with Gasteiger partial charge in [0.25, 0.3) is 0 Å². The van der Waals surface area contributed by atoms with Crippen LogP contribution in [0.4, 0.5) is 14.5 Å². The lowest BCUT2D eigenvalue weighted by molar-refractivity contribution is -0.386. The Hall–Kier alpha value is -1.76. The molecule has 0 aromatic heterocycles. The first-order valence-electron chi connectivity index (χ1n) is 4.27. The Labute approximate surface area is 99.1 Å². The lowest BCUT2D eigenvalue weighted by Gasteiger charge is -2.07. The number of ketones is 1. The van der Waals surface area contributed by atoms with Gasteiger partial charge < -0.3 is 4.74 Å². The maximum Gasteiger partial charge on any atom is 0.387 e. The van der Waals surface area contributed by atoms with Crippen LogP contribution >= 0.6 is 11.6 Å². The van der Waals surface area contributed by atoms with E-state index in [0.29, 0.717) is 0 Å². The van der Waals surface area contributed by atoms with Crippen LogP contribution in [-0.4, -0.2) is 17.3 Å². The van der Waals surface area contributed by atoms with Crippen molar-refractivity contribution in [2.75, 3.05) is 0 Å². The van der Waals surface area contributed by atoms with E-state index in [1.165, 1.54) is 0 Å². The standard InChI is InChI=1S/C9H6ClF2NO4/c1-4(14)5-2-3-6(17-9(11)12)8(7(5)10)13(15)16/h2-3,9H,1H3. The van der Waals surface area contributed by atoms with Crippen LogP contribution in [0.3, 0.4) is 0 Å². The molecule has 0 bridgehead atoms. The molecular formula is C9H6ClF2NO4. The number of benzene rings is 1. The minimum atomic E-state index is -3.21. The molecule has 0 aliphatic carbocycles. The quantitative estimate of drug-likeness (QED) is 0.477. The predicted molar refractivity (Wildman–Crippen MR) is 54.7 cm³/mol. The molecule has 1 aromatic carbocycles. The molecule has 8 heteroatoms. The number of ether oxygens (including phenoxy) is 1. The van der Waals surface area contributed by atoms with Crippen molar-refractivity contribution in [3.05, 3.63) is 32.8 Å². The number of nitro benzene ring substituents is 1. The van der Waals surface area contributed by atoms with Crippen LogP contribution in [0.1, 0.15) is 17.3 Å². The molecule has 17 heavy (non-hydrogen) atoms. The number of carbonyl (C=O) groups is 1. The summed E-state index contributed by atoms with van der Waals surface area (Å²) in [7, 11) is 0. The molecule has 0 unspecified atom stereocenters. The highest BCUT2D eigenvalue weighted by molar-refractivity contribution is 6.36. The number of nitro groups is 1. The highest BCUT2D eigenvalue weighted by atomic mass is 35.5. The first-order chi connectivity index (χ1) is 7.84. The van der Waals surface area contributed by atoms with Crippen molar-refractivity contribution in [1.82, 2.24) is 0 Å². The van der Waals surface area contributed by atoms with Crippen LogP contribution in [0.15, 0.2) is 12.1 Å². The average Bonchev–Trinajstić information content (AvgIpc) is 2.15. The average molecular weight is 266 g/mol. The van der Waals surface area contributed by atoms with Gasteiger partial charge in [0.2, 0.25) is 5.75 Å². The number of alkyl halides is 2. The number of rotatable bonds is 4. The molecule has 0 N–H and O–H groups in total. The summed E-state index contributed by atoms with van der Waals surface area (Å²) in [6.07, 6.45) is 0. The maximum atomic E-state index is 12.0. The molecule has 5 nitrogen and oxygen atoms in total. The summed E-state index contributed by atoms with van der Waals surface area (Å²) < 4.78 is 28.0. The summed E-state index contributed by atoms with van der Waals surface area (Å²) in [4.78, 5) is 20.8. The van der Waals surface area contributed by atoms with Gasteiger partial charge in [0.15, 0.2) is 5.78 Å². The second-order valence-corrected chi connectivity index (χ2v) is 3.34. The largest absolute Gasteiger partial charge is 0.427 e. The van der Waals surface area contributed by atoms with Gasteiger partial charge in [-0.2, -0.15) is 8.78 Å². The summed E-state index contributed by atoms with van der Waals surface area (Å²) in [6.45, 7) is -2.06. The summed E-state index contributed by atoms with van der Waals surface area (Å²) in [6, 6.07) is 2.00. The van der Waals surface area contributed by atoms with Crippen molar-refractivity contribution < 1.29 is 23.2 Å². The van der Waals surface area contributed by atoms with E-state index < -0.39 is 33.8 Å². The molecule has 0 spiro atoms. The van der Waals surface area contributed by atoms with Crippen LogP contribution in [0, 0.1) is 10.1 Å². The number of Topliss-reactive ketones (excluding diaryl/α,β-unsaturated/α-hetero) is 1. The van der Waals surface area contributed by atoms with Crippen LogP contribution in [0.2, 0.25) is 5.02 Å². The second kappa shape index (κ2) is 5.05. The number of hydrogen-bond donors (Lipinski definition) is 0. The van der Waals surface area contributed by atoms with Gasteiger partial charge in [0, 0.05) is 5.56 Å². The lowest BCUT2D eigenvalue weighted by atomic mass is 10.1. The van der Waals surface area contributed by atoms with E-state index in [9.17, 15) is 23.7 Å². The van der Waals surface area contributed by atoms with Gasteiger partial charge in [0.1, 0.15) is 5.02 Å². The molecule has 0 atom stereocenters. The summed E-state index contributed by atoms with van der Waals surface area (Å²) in [5.41, 5.74) is -0.973. The summed E-state index contributed by atoms with van der Waals surface area (Å²) in [5.74, 6) is -1.19. The Kier molecular flexibility index (Phi) is 3.95. The maximum absolute atomic E-state index is 12.0. The molecule has 0 saturated heterocycles. The van der Waals surface area contributed by atoms with Gasteiger partial charge in [-0.05, 0) is 19.1 Å². The van der Waals surface area contributed by atoms with Crippen LogP contribution in [0.25, 0.3) is 0 Å². The lowest BCUT2D eigenvalue weighted by Crippen LogP contribution is -2.06. The molecule has 1 aromatic rings. The number of nitrogens with zero attached hydrogens (tertiary/aromatic N) is 1. The van der Waals surface area contributed by atoms with E-state index in [2.05, 4.69) is 4.74 Å². The second-order valence-electron chi connectivity index (χ2n) is 2.97. The first-order valence-corrected chi connectivity index (χ1v) is 4.65. The summed E-state index contributed by atoms with van der Waals surface area (Å²) >= 11 is 5.60. The van der Waals surface area contributed by atoms with Crippen molar-refractivity contribution in [1.29, 1.82) is 0 Å². The Morgan fingerprint density at radius 1 is 1.53 bits per heavy atom. The molecule has 0 heterocycles. The summed E-state index contributed by atoms with van der Waals surface area (Å²) in [5, 5.41) is 10.2. The van der Waals surface area contributed by atoms with Crippen LogP contribution < -0.4 is 4.74 Å². The zero-order chi connectivity index (χ0) is 13.2. The zero-order valence-electron chi connectivity index (χ0n) is 8.45. The van der Waals surface area contributed by atoms with Crippen molar-refractivity contribution in [3.63, 3.8) is 0 Å². The molecule has 1 rings (SSSR count). The normalized spacial score (nSPS) is 10.4. The zero-order valence-corrected chi connectivity index (χ0v) is 9.20. The Balaban J connectivity index is 3.39. The van der Waals surface area contributed by atoms with Crippen LogP contribution in [0.5, 0.6) is 5.75 Å². The van der Waals surface area contributed by atoms with Gasteiger partial charge in [-0.1, -0.05) is 11.6 Å². The fourth-order valence-electron chi connectivity index (χ4n) is 1.18. The third-order valence-corrected chi connectivity index (χ3v) is 2.24. The monoisotopic (exact) mass is 265 g/mol. The number of carbonyl (C=O) groups excluding carboxylic acids is 1. The van der Waals surface area contributed by atoms with Gasteiger partial charge in [-0.25, -0.2) is 0 Å². The van der Waals surface area contributed by atoms with Crippen LogP contribution in [-0.2, 0) is 0 Å². The number of halogens is 3. The Morgan fingerprint density at radius 3 is 2.53 bits per heavy atom. The molecule has 0 fully saturated rings. The van der Waals surface area contributed by atoms with Crippen molar-refractivity contribution >= 4 is 23.1 Å². The predicted octanol–water partition coefficient (Wildman–Crippen LogP) is 3.05. The van der Waals surface area contributed by atoms with Crippen molar-refractivity contribution in [2.45, 2.75) is 13.5 Å². The molecule has 0 radical (unpaired) electrons. The minimum Gasteiger partial charge on any atom is -0.427 e. The minimum absolute atomic E-state index is 0.125. The van der Waals surface area contributed by atoms with Gasteiger partial charge >= 0.3 is 12.3 Å². The topological polar surface area (TPSA) is 69.4 Å². The van der Waals surface area contributed by atoms with E-state index in [4.69, 9.17) is 11.6 Å². The molecular weight excluding hydrogens is 260 g/mol. The Morgan fingerprint density at radius 2 is 2.12 bits per heavy atom. The van der Waals surface area contributed by atoms with E-state index in [1.54, 1.807) is 0 Å². The molecule has 0 saturated carbocycles. The van der Waals surface area contributed by atoms with Gasteiger partial charge in [-0.15, -0.1) is 0 Å². The first kappa shape index (κ1) is 13.3. The fourth-order valence-corrected chi connectivity index (χ4v) is 1.54. The van der Waals surface area contributed by atoms with E-state index >= 15 is 0 Å². The van der Waals surface area contributed by atoms with E-state index in [1.807, 2.05) is 0 Å². The molecule has 0 aliphatic rings. The van der Waals surface area contributed by atoms with Gasteiger partial charge in [-0.3, -0.25) is 14.9 Å².